The van der Waals surface area contributed by atoms with Crippen molar-refractivity contribution in [3.8, 4) is 5.75 Å². The molecule has 0 N–H and O–H groups in total. The Morgan fingerprint density at radius 3 is 2.74 bits per heavy atom. The minimum Gasteiger partial charge on any atom is -0.406 e. The van der Waals surface area contributed by atoms with Crippen LogP contribution in [0, 0.1) is 0 Å². The van der Waals surface area contributed by atoms with Crippen molar-refractivity contribution in [3.05, 3.63) is 64.7 Å². The van der Waals surface area contributed by atoms with Gasteiger partial charge in [0.2, 0.25) is 0 Å². The topological polar surface area (TPSA) is 44.1 Å². The molecule has 1 aromatic heterocycles. The summed E-state index contributed by atoms with van der Waals surface area (Å²) in [5.74, 6) is -0.457. The van der Waals surface area contributed by atoms with Crippen LogP contribution in [0.15, 0.2) is 58.5 Å². The first kappa shape index (κ1) is 19.6. The maximum Gasteiger partial charge on any atom is 0.573 e. The van der Waals surface area contributed by atoms with Crippen molar-refractivity contribution in [2.45, 2.75) is 29.4 Å². The van der Waals surface area contributed by atoms with Gasteiger partial charge in [0, 0.05) is 4.90 Å². The molecule has 2 aromatic carbocycles. The lowest BCUT2D eigenvalue weighted by Gasteiger charge is -2.11. The number of halogens is 4. The van der Waals surface area contributed by atoms with Crippen LogP contribution >= 0.6 is 23.4 Å². The van der Waals surface area contributed by atoms with Crippen LogP contribution < -0.4 is 10.3 Å². The number of hydrogen-bond donors (Lipinski definition) is 0. The maximum atomic E-state index is 12.7. The summed E-state index contributed by atoms with van der Waals surface area (Å²) >= 11 is 7.46. The van der Waals surface area contributed by atoms with Gasteiger partial charge in [0.1, 0.15) is 5.75 Å². The van der Waals surface area contributed by atoms with Crippen LogP contribution in [0.5, 0.6) is 5.75 Å². The molecule has 142 valence electrons. The number of hydrogen-bond acceptors (Lipinski definition) is 4. The average molecular weight is 415 g/mol. The smallest absolute Gasteiger partial charge is 0.406 e. The highest BCUT2D eigenvalue weighted by Gasteiger charge is 2.31. The maximum absolute atomic E-state index is 12.7. The number of thioether (sulfide) groups is 1. The van der Waals surface area contributed by atoms with E-state index < -0.39 is 17.7 Å². The van der Waals surface area contributed by atoms with Gasteiger partial charge in [-0.2, -0.15) is 0 Å². The summed E-state index contributed by atoms with van der Waals surface area (Å²) in [4.78, 5) is 17.8. The first-order chi connectivity index (χ1) is 12.7. The zero-order chi connectivity index (χ0) is 19.6. The zero-order valence-corrected chi connectivity index (χ0v) is 15.6. The second-order valence-corrected chi connectivity index (χ2v) is 8.04. The molecule has 0 fully saturated rings. The molecule has 0 aliphatic rings. The van der Waals surface area contributed by atoms with E-state index in [9.17, 15) is 18.0 Å². The van der Waals surface area contributed by atoms with E-state index in [1.807, 2.05) is 31.2 Å². The highest BCUT2D eigenvalue weighted by molar-refractivity contribution is 8.01. The van der Waals surface area contributed by atoms with Gasteiger partial charge in [-0.15, -0.1) is 36.5 Å². The molecule has 9 heteroatoms. The van der Waals surface area contributed by atoms with E-state index in [0.717, 1.165) is 22.6 Å². The Labute approximate surface area is 161 Å². The molecule has 0 aliphatic heterocycles. The first-order valence-corrected chi connectivity index (χ1v) is 9.17. The molecule has 27 heavy (non-hydrogen) atoms. The highest BCUT2D eigenvalue weighted by Crippen LogP contribution is 2.27. The second kappa shape index (κ2) is 7.82. The standard InChI is InChI=1S/C18H14ClF3N2O2S/c1-11(19)27-14-4-2-3-12(7-14)9-24-10-23-16-6-5-13(26-18(20,21)22)8-15(16)17(24)25/h2-8,10-11H,9H2,1H3. The summed E-state index contributed by atoms with van der Waals surface area (Å²) in [7, 11) is 0. The molecule has 1 heterocycles. The molecule has 4 nitrogen and oxygen atoms in total. The Bertz CT molecular complexity index is 1020. The molecule has 3 aromatic rings. The lowest BCUT2D eigenvalue weighted by Crippen LogP contribution is -2.22. The lowest BCUT2D eigenvalue weighted by atomic mass is 10.2. The minimum atomic E-state index is -4.83. The second-order valence-electron chi connectivity index (χ2n) is 5.71. The fraction of sp³-hybridized carbons (Fsp3) is 0.222. The van der Waals surface area contributed by atoms with E-state index in [4.69, 9.17) is 11.6 Å². The Morgan fingerprint density at radius 1 is 1.26 bits per heavy atom. The quantitative estimate of drug-likeness (QED) is 0.434. The van der Waals surface area contributed by atoms with Gasteiger partial charge >= 0.3 is 6.36 Å². The number of ether oxygens (including phenoxy) is 1. The van der Waals surface area contributed by atoms with Crippen molar-refractivity contribution in [1.82, 2.24) is 9.55 Å². The van der Waals surface area contributed by atoms with Crippen molar-refractivity contribution in [2.24, 2.45) is 0 Å². The van der Waals surface area contributed by atoms with Crippen LogP contribution in [0.1, 0.15) is 12.5 Å². The molecular weight excluding hydrogens is 401 g/mol. The van der Waals surface area contributed by atoms with Crippen LogP contribution in [0.4, 0.5) is 13.2 Å². The SMILES string of the molecule is CC(Cl)Sc1cccc(Cn2cnc3ccc(OC(F)(F)F)cc3c2=O)c1. The predicted octanol–water partition coefficient (Wildman–Crippen LogP) is 5.02. The van der Waals surface area contributed by atoms with Gasteiger partial charge in [-0.25, -0.2) is 4.98 Å². The molecule has 0 saturated carbocycles. The number of aromatic nitrogens is 2. The summed E-state index contributed by atoms with van der Waals surface area (Å²) in [6.45, 7) is 2.09. The van der Waals surface area contributed by atoms with Crippen molar-refractivity contribution < 1.29 is 17.9 Å². The van der Waals surface area contributed by atoms with Crippen molar-refractivity contribution in [3.63, 3.8) is 0 Å². The summed E-state index contributed by atoms with van der Waals surface area (Å²) in [6.07, 6.45) is -3.45. The third-order valence-corrected chi connectivity index (χ3v) is 4.70. The van der Waals surface area contributed by atoms with Crippen molar-refractivity contribution in [2.75, 3.05) is 0 Å². The summed E-state index contributed by atoms with van der Waals surface area (Å²) in [6, 6.07) is 11.0. The molecule has 0 saturated heterocycles. The summed E-state index contributed by atoms with van der Waals surface area (Å²) in [5.41, 5.74) is 0.700. The van der Waals surface area contributed by atoms with Crippen LogP contribution in [0.3, 0.4) is 0 Å². The predicted molar refractivity (Wildman–Crippen MR) is 99.4 cm³/mol. The van der Waals surface area contributed by atoms with Gasteiger partial charge in [0.15, 0.2) is 0 Å². The van der Waals surface area contributed by atoms with Crippen molar-refractivity contribution >= 4 is 34.3 Å². The first-order valence-electron chi connectivity index (χ1n) is 7.86. The van der Waals surface area contributed by atoms with Gasteiger partial charge in [-0.3, -0.25) is 9.36 Å². The Balaban J connectivity index is 1.93. The average Bonchev–Trinajstić information content (AvgIpc) is 2.56. The van der Waals surface area contributed by atoms with E-state index in [-0.39, 0.29) is 16.6 Å². The number of alkyl halides is 4. The Morgan fingerprint density at radius 2 is 2.04 bits per heavy atom. The van der Waals surface area contributed by atoms with Gasteiger partial charge < -0.3 is 4.74 Å². The van der Waals surface area contributed by atoms with Crippen LogP contribution in [-0.4, -0.2) is 20.6 Å². The molecule has 0 bridgehead atoms. The van der Waals surface area contributed by atoms with E-state index in [1.165, 1.54) is 28.7 Å². The van der Waals surface area contributed by atoms with Gasteiger partial charge in [0.25, 0.3) is 5.56 Å². The highest BCUT2D eigenvalue weighted by atomic mass is 35.5. The molecule has 3 rings (SSSR count). The monoisotopic (exact) mass is 414 g/mol. The van der Waals surface area contributed by atoms with E-state index in [1.54, 1.807) is 0 Å². The molecule has 1 unspecified atom stereocenters. The zero-order valence-electron chi connectivity index (χ0n) is 14.0. The third kappa shape index (κ3) is 5.17. The van der Waals surface area contributed by atoms with Gasteiger partial charge in [-0.1, -0.05) is 12.1 Å². The third-order valence-electron chi connectivity index (χ3n) is 3.58. The van der Waals surface area contributed by atoms with Crippen molar-refractivity contribution in [1.29, 1.82) is 0 Å². The molecule has 0 spiro atoms. The minimum absolute atomic E-state index is 0.0548. The van der Waals surface area contributed by atoms with Crippen LogP contribution in [0.25, 0.3) is 10.9 Å². The lowest BCUT2D eigenvalue weighted by molar-refractivity contribution is -0.274. The molecular formula is C18H14ClF3N2O2S. The largest absolute Gasteiger partial charge is 0.573 e. The Hall–Kier alpha value is -2.19. The molecule has 0 radical (unpaired) electrons. The fourth-order valence-electron chi connectivity index (χ4n) is 2.55. The Kier molecular flexibility index (Phi) is 5.67. The summed E-state index contributed by atoms with van der Waals surface area (Å²) < 4.78 is 42.3. The normalized spacial score (nSPS) is 12.9. The van der Waals surface area contributed by atoms with E-state index in [2.05, 4.69) is 9.72 Å². The molecule has 1 atom stereocenters. The summed E-state index contributed by atoms with van der Waals surface area (Å²) in [5, 5.41) is 0.0548. The van der Waals surface area contributed by atoms with Gasteiger partial charge in [0.05, 0.1) is 28.5 Å². The van der Waals surface area contributed by atoms with Crippen LogP contribution in [-0.2, 0) is 6.54 Å². The fourth-order valence-corrected chi connectivity index (χ4v) is 3.61. The van der Waals surface area contributed by atoms with Gasteiger partial charge in [-0.05, 0) is 42.8 Å². The number of rotatable bonds is 5. The van der Waals surface area contributed by atoms with E-state index >= 15 is 0 Å². The van der Waals surface area contributed by atoms with Crippen LogP contribution in [0.2, 0.25) is 0 Å². The number of fused-ring (bicyclic) bond motifs is 1. The number of benzene rings is 2. The molecule has 0 aliphatic carbocycles. The van der Waals surface area contributed by atoms with E-state index in [0.29, 0.717) is 5.52 Å². The molecule has 0 amide bonds. The number of nitrogens with zero attached hydrogens (tertiary/aromatic N) is 2.